The molecule has 0 saturated heterocycles. The molecule has 0 unspecified atom stereocenters. The third-order valence-corrected chi connectivity index (χ3v) is 3.54. The number of alkyl halides is 3. The number of hydrogen-bond donors (Lipinski definition) is 1. The minimum absolute atomic E-state index is 0.153. The molecule has 1 fully saturated rings. The van der Waals surface area contributed by atoms with Crippen LogP contribution in [0.4, 0.5) is 13.2 Å². The zero-order valence-electron chi connectivity index (χ0n) is 10.2. The normalized spacial score (nSPS) is 25.3. The van der Waals surface area contributed by atoms with E-state index in [4.69, 9.17) is 0 Å². The number of aromatic nitrogens is 3. The molecule has 0 atom stereocenters. The van der Waals surface area contributed by atoms with Crippen LogP contribution in [-0.2, 0) is 13.6 Å². The quantitative estimate of drug-likeness (QED) is 0.906. The van der Waals surface area contributed by atoms with Crippen molar-refractivity contribution in [3.63, 3.8) is 0 Å². The van der Waals surface area contributed by atoms with E-state index in [2.05, 4.69) is 15.5 Å². The fourth-order valence-electron chi connectivity index (χ4n) is 2.33. The largest absolute Gasteiger partial charge is 0.391 e. The number of nitrogens with zero attached hydrogens (tertiary/aromatic N) is 3. The van der Waals surface area contributed by atoms with E-state index in [0.29, 0.717) is 19.4 Å². The Morgan fingerprint density at radius 2 is 2.00 bits per heavy atom. The second kappa shape index (κ2) is 5.26. The first-order valence-electron chi connectivity index (χ1n) is 6.10. The summed E-state index contributed by atoms with van der Waals surface area (Å²) in [5.74, 6) is -0.321. The van der Waals surface area contributed by atoms with Gasteiger partial charge in [-0.1, -0.05) is 0 Å². The van der Waals surface area contributed by atoms with Gasteiger partial charge in [-0.05, 0) is 25.7 Å². The van der Waals surface area contributed by atoms with Crippen molar-refractivity contribution >= 4 is 0 Å². The van der Waals surface area contributed by atoms with Gasteiger partial charge in [0.1, 0.15) is 12.2 Å². The molecule has 0 aliphatic heterocycles. The second-order valence-corrected chi connectivity index (χ2v) is 4.83. The highest BCUT2D eigenvalue weighted by atomic mass is 19.4. The van der Waals surface area contributed by atoms with Gasteiger partial charge in [0.2, 0.25) is 0 Å². The van der Waals surface area contributed by atoms with Gasteiger partial charge in [-0.3, -0.25) is 0 Å². The highest BCUT2D eigenvalue weighted by Gasteiger charge is 2.41. The summed E-state index contributed by atoms with van der Waals surface area (Å²) >= 11 is 0. The fraction of sp³-hybridized carbons (Fsp3) is 0.818. The van der Waals surface area contributed by atoms with Gasteiger partial charge >= 0.3 is 6.18 Å². The van der Waals surface area contributed by atoms with Gasteiger partial charge in [0.05, 0.1) is 12.5 Å². The summed E-state index contributed by atoms with van der Waals surface area (Å²) in [4.78, 5) is 0. The number of rotatable bonds is 3. The van der Waals surface area contributed by atoms with Crippen molar-refractivity contribution in [1.82, 2.24) is 20.1 Å². The van der Waals surface area contributed by atoms with Gasteiger partial charge in [0.15, 0.2) is 0 Å². The first-order chi connectivity index (χ1) is 8.47. The number of halogens is 3. The first-order valence-corrected chi connectivity index (χ1v) is 6.10. The van der Waals surface area contributed by atoms with Gasteiger partial charge in [-0.25, -0.2) is 0 Å². The van der Waals surface area contributed by atoms with Crippen molar-refractivity contribution < 1.29 is 13.2 Å². The Bertz CT molecular complexity index is 380. The molecule has 0 spiro atoms. The van der Waals surface area contributed by atoms with Crippen LogP contribution in [0.25, 0.3) is 0 Å². The summed E-state index contributed by atoms with van der Waals surface area (Å²) in [6.07, 6.45) is -0.837. The SMILES string of the molecule is Cn1cnnc1CNC1CCC(C(F)(F)F)CC1. The van der Waals surface area contributed by atoms with E-state index < -0.39 is 12.1 Å². The summed E-state index contributed by atoms with van der Waals surface area (Å²) in [7, 11) is 1.84. The lowest BCUT2D eigenvalue weighted by Gasteiger charge is -2.30. The maximum atomic E-state index is 12.5. The average Bonchev–Trinajstić information content (AvgIpc) is 2.72. The van der Waals surface area contributed by atoms with E-state index in [1.54, 1.807) is 10.9 Å². The van der Waals surface area contributed by atoms with Crippen molar-refractivity contribution in [2.75, 3.05) is 0 Å². The molecule has 102 valence electrons. The Morgan fingerprint density at radius 3 is 2.50 bits per heavy atom. The highest BCUT2D eigenvalue weighted by molar-refractivity contribution is 4.86. The predicted molar refractivity (Wildman–Crippen MR) is 59.6 cm³/mol. The van der Waals surface area contributed by atoms with Crippen LogP contribution in [0, 0.1) is 5.92 Å². The van der Waals surface area contributed by atoms with Gasteiger partial charge in [-0.2, -0.15) is 13.2 Å². The van der Waals surface area contributed by atoms with Crippen molar-refractivity contribution in [3.8, 4) is 0 Å². The van der Waals surface area contributed by atoms with Crippen molar-refractivity contribution in [2.24, 2.45) is 13.0 Å². The van der Waals surface area contributed by atoms with Crippen LogP contribution < -0.4 is 5.32 Å². The van der Waals surface area contributed by atoms with Gasteiger partial charge in [0.25, 0.3) is 0 Å². The molecule has 4 nitrogen and oxygen atoms in total. The Labute approximate surface area is 104 Å². The van der Waals surface area contributed by atoms with Gasteiger partial charge < -0.3 is 9.88 Å². The number of aryl methyl sites for hydroxylation is 1. The molecule has 1 aromatic heterocycles. The molecule has 18 heavy (non-hydrogen) atoms. The van der Waals surface area contributed by atoms with Crippen LogP contribution in [0.1, 0.15) is 31.5 Å². The lowest BCUT2D eigenvalue weighted by atomic mass is 9.85. The highest BCUT2D eigenvalue weighted by Crippen LogP contribution is 2.37. The summed E-state index contributed by atoms with van der Waals surface area (Å²) in [5, 5.41) is 10.9. The molecule has 0 bridgehead atoms. The Morgan fingerprint density at radius 1 is 1.33 bits per heavy atom. The van der Waals surface area contributed by atoms with Gasteiger partial charge in [0, 0.05) is 13.1 Å². The van der Waals surface area contributed by atoms with Crippen molar-refractivity contribution in [2.45, 2.75) is 44.4 Å². The monoisotopic (exact) mass is 262 g/mol. The zero-order valence-corrected chi connectivity index (χ0v) is 10.2. The molecule has 0 aromatic carbocycles. The maximum absolute atomic E-state index is 12.5. The van der Waals surface area contributed by atoms with E-state index in [1.807, 2.05) is 7.05 Å². The standard InChI is InChI=1S/C11H17F3N4/c1-18-7-16-17-10(18)6-15-9-4-2-8(3-5-9)11(12,13)14/h7-9,15H,2-6H2,1H3. The summed E-state index contributed by atoms with van der Waals surface area (Å²) < 4.78 is 39.3. The number of hydrogen-bond acceptors (Lipinski definition) is 3. The van der Waals surface area contributed by atoms with Crippen LogP contribution in [0.2, 0.25) is 0 Å². The lowest BCUT2D eigenvalue weighted by molar-refractivity contribution is -0.182. The van der Waals surface area contributed by atoms with Crippen molar-refractivity contribution in [1.29, 1.82) is 0 Å². The molecule has 1 aromatic rings. The maximum Gasteiger partial charge on any atom is 0.391 e. The van der Waals surface area contributed by atoms with E-state index in [0.717, 1.165) is 5.82 Å². The van der Waals surface area contributed by atoms with Crippen LogP contribution in [0.5, 0.6) is 0 Å². The molecule has 1 aliphatic rings. The molecular weight excluding hydrogens is 245 g/mol. The molecule has 1 saturated carbocycles. The molecule has 1 N–H and O–H groups in total. The van der Waals surface area contributed by atoms with Crippen LogP contribution in [0.3, 0.4) is 0 Å². The van der Waals surface area contributed by atoms with Crippen LogP contribution in [-0.4, -0.2) is 27.0 Å². The minimum Gasteiger partial charge on any atom is -0.320 e. The van der Waals surface area contributed by atoms with E-state index in [9.17, 15) is 13.2 Å². The van der Waals surface area contributed by atoms with Gasteiger partial charge in [-0.15, -0.1) is 10.2 Å². The summed E-state index contributed by atoms with van der Waals surface area (Å²) in [6, 6.07) is 0.153. The smallest absolute Gasteiger partial charge is 0.320 e. The Balaban J connectivity index is 1.76. The third-order valence-electron chi connectivity index (χ3n) is 3.54. The number of nitrogens with one attached hydrogen (secondary N) is 1. The zero-order chi connectivity index (χ0) is 13.2. The summed E-state index contributed by atoms with van der Waals surface area (Å²) in [6.45, 7) is 0.553. The van der Waals surface area contributed by atoms with E-state index >= 15 is 0 Å². The molecule has 0 radical (unpaired) electrons. The molecular formula is C11H17F3N4. The molecule has 1 aliphatic carbocycles. The van der Waals surface area contributed by atoms with Crippen LogP contribution >= 0.6 is 0 Å². The van der Waals surface area contributed by atoms with E-state index in [-0.39, 0.29) is 18.9 Å². The molecule has 1 heterocycles. The first kappa shape index (κ1) is 13.3. The summed E-state index contributed by atoms with van der Waals surface area (Å²) in [5.41, 5.74) is 0. The second-order valence-electron chi connectivity index (χ2n) is 4.83. The fourth-order valence-corrected chi connectivity index (χ4v) is 2.33. The minimum atomic E-state index is -4.03. The van der Waals surface area contributed by atoms with Crippen molar-refractivity contribution in [3.05, 3.63) is 12.2 Å². The Kier molecular flexibility index (Phi) is 3.89. The molecule has 0 amide bonds. The molecule has 7 heteroatoms. The topological polar surface area (TPSA) is 42.7 Å². The van der Waals surface area contributed by atoms with Crippen LogP contribution in [0.15, 0.2) is 6.33 Å². The molecule has 2 rings (SSSR count). The predicted octanol–water partition coefficient (Wildman–Crippen LogP) is 2.03. The van der Waals surface area contributed by atoms with E-state index in [1.165, 1.54) is 0 Å². The average molecular weight is 262 g/mol. The third kappa shape index (κ3) is 3.22. The Hall–Kier alpha value is -1.11. The lowest BCUT2D eigenvalue weighted by Crippen LogP contribution is -2.37.